The molecule has 2 aliphatic rings. The molecule has 0 unspecified atom stereocenters. The molecule has 7 nitrogen and oxygen atoms in total. The van der Waals surface area contributed by atoms with Crippen LogP contribution in [-0.2, 0) is 24.3 Å². The van der Waals surface area contributed by atoms with Crippen LogP contribution < -0.4 is 0 Å². The minimum Gasteiger partial charge on any atom is -0.342 e. The number of aromatic nitrogens is 4. The first-order valence-corrected chi connectivity index (χ1v) is 9.89. The topological polar surface area (TPSA) is 67.2 Å². The molecule has 2 aromatic heterocycles. The van der Waals surface area contributed by atoms with Gasteiger partial charge < -0.3 is 9.80 Å². The number of amides is 1. The van der Waals surface area contributed by atoms with E-state index in [1.165, 1.54) is 11.3 Å². The van der Waals surface area contributed by atoms with Gasteiger partial charge in [0.15, 0.2) is 0 Å². The van der Waals surface area contributed by atoms with Crippen LogP contribution in [0.25, 0.3) is 0 Å². The second-order valence-corrected chi connectivity index (χ2v) is 7.92. The number of carbonyl (C=O) groups excluding carboxylic acids is 1. The number of piperidine rings is 1. The van der Waals surface area contributed by atoms with Gasteiger partial charge in [0, 0.05) is 68.4 Å². The van der Waals surface area contributed by atoms with Gasteiger partial charge in [0.05, 0.1) is 12.5 Å². The Morgan fingerprint density at radius 3 is 2.85 bits per heavy atom. The van der Waals surface area contributed by atoms with Crippen molar-refractivity contribution in [3.05, 3.63) is 41.7 Å². The van der Waals surface area contributed by atoms with E-state index in [9.17, 15) is 4.79 Å². The summed E-state index contributed by atoms with van der Waals surface area (Å²) < 4.78 is 1.83. The first-order chi connectivity index (χ1) is 13.1. The molecule has 4 rings (SSSR count). The standard InChI is InChI=1S/C20H28N6O/c1-15(13-26-8-3-7-22-26)20(27)25-10-4-16(5-11-25)19-21-12-17-14-24(2)9-6-18(17)23-19/h3,7-8,12,15-16H,4-6,9-11,13-14H2,1-2H3/t15-/m1/s1. The molecule has 0 aliphatic carbocycles. The number of carbonyl (C=O) groups is 1. The van der Waals surface area contributed by atoms with Gasteiger partial charge in [-0.25, -0.2) is 9.97 Å². The van der Waals surface area contributed by atoms with E-state index in [4.69, 9.17) is 4.98 Å². The van der Waals surface area contributed by atoms with E-state index in [2.05, 4.69) is 22.0 Å². The first-order valence-electron chi connectivity index (χ1n) is 9.89. The first kappa shape index (κ1) is 18.1. The van der Waals surface area contributed by atoms with Crippen LogP contribution in [0, 0.1) is 5.92 Å². The monoisotopic (exact) mass is 368 g/mol. The molecule has 0 N–H and O–H groups in total. The molecule has 1 saturated heterocycles. The van der Waals surface area contributed by atoms with Crippen molar-refractivity contribution in [1.29, 1.82) is 0 Å². The number of likely N-dealkylation sites (tertiary alicyclic amines) is 1. The Bertz CT molecular complexity index is 782. The number of hydrogen-bond donors (Lipinski definition) is 0. The van der Waals surface area contributed by atoms with Crippen molar-refractivity contribution in [2.45, 2.75) is 45.2 Å². The van der Waals surface area contributed by atoms with Gasteiger partial charge in [-0.2, -0.15) is 5.10 Å². The van der Waals surface area contributed by atoms with Crippen LogP contribution in [0.5, 0.6) is 0 Å². The zero-order valence-corrected chi connectivity index (χ0v) is 16.2. The third kappa shape index (κ3) is 4.03. The van der Waals surface area contributed by atoms with E-state index >= 15 is 0 Å². The smallest absolute Gasteiger partial charge is 0.227 e. The minimum atomic E-state index is -0.0570. The lowest BCUT2D eigenvalue weighted by atomic mass is 9.94. The third-order valence-electron chi connectivity index (χ3n) is 5.76. The van der Waals surface area contributed by atoms with Crippen molar-refractivity contribution in [2.75, 3.05) is 26.7 Å². The molecule has 144 valence electrons. The van der Waals surface area contributed by atoms with Gasteiger partial charge in [-0.05, 0) is 26.0 Å². The van der Waals surface area contributed by atoms with Crippen molar-refractivity contribution in [3.63, 3.8) is 0 Å². The second-order valence-electron chi connectivity index (χ2n) is 7.92. The van der Waals surface area contributed by atoms with Crippen LogP contribution >= 0.6 is 0 Å². The van der Waals surface area contributed by atoms with Crippen molar-refractivity contribution >= 4 is 5.91 Å². The Labute approximate surface area is 160 Å². The Kier molecular flexibility index (Phi) is 5.20. The fourth-order valence-corrected chi connectivity index (χ4v) is 4.11. The average Bonchev–Trinajstić information content (AvgIpc) is 3.20. The minimum absolute atomic E-state index is 0.0570. The quantitative estimate of drug-likeness (QED) is 0.822. The van der Waals surface area contributed by atoms with Gasteiger partial charge in [-0.3, -0.25) is 9.48 Å². The van der Waals surface area contributed by atoms with Gasteiger partial charge in [0.1, 0.15) is 5.82 Å². The number of rotatable bonds is 4. The summed E-state index contributed by atoms with van der Waals surface area (Å²) in [5.41, 5.74) is 2.47. The lowest BCUT2D eigenvalue weighted by molar-refractivity contribution is -0.136. The summed E-state index contributed by atoms with van der Waals surface area (Å²) >= 11 is 0. The summed E-state index contributed by atoms with van der Waals surface area (Å²) in [5.74, 6) is 1.49. The molecule has 0 aromatic carbocycles. The summed E-state index contributed by atoms with van der Waals surface area (Å²) in [6.07, 6.45) is 8.55. The molecule has 0 saturated carbocycles. The lowest BCUT2D eigenvalue weighted by Crippen LogP contribution is -2.42. The van der Waals surface area contributed by atoms with Gasteiger partial charge in [0.2, 0.25) is 5.91 Å². The van der Waals surface area contributed by atoms with Crippen molar-refractivity contribution in [2.24, 2.45) is 5.92 Å². The van der Waals surface area contributed by atoms with E-state index in [0.717, 1.165) is 51.3 Å². The maximum atomic E-state index is 12.7. The Morgan fingerprint density at radius 2 is 2.11 bits per heavy atom. The van der Waals surface area contributed by atoms with Crippen LogP contribution in [0.2, 0.25) is 0 Å². The van der Waals surface area contributed by atoms with E-state index in [1.54, 1.807) is 6.20 Å². The zero-order valence-electron chi connectivity index (χ0n) is 16.2. The van der Waals surface area contributed by atoms with E-state index in [-0.39, 0.29) is 11.8 Å². The third-order valence-corrected chi connectivity index (χ3v) is 5.76. The van der Waals surface area contributed by atoms with Crippen molar-refractivity contribution < 1.29 is 4.79 Å². The van der Waals surface area contributed by atoms with Crippen LogP contribution in [0.1, 0.15) is 42.8 Å². The van der Waals surface area contributed by atoms with Crippen LogP contribution in [0.4, 0.5) is 0 Å². The van der Waals surface area contributed by atoms with Gasteiger partial charge in [-0.15, -0.1) is 0 Å². The Morgan fingerprint density at radius 1 is 1.30 bits per heavy atom. The molecule has 2 aromatic rings. The predicted octanol–water partition coefficient (Wildman–Crippen LogP) is 1.70. The SMILES string of the molecule is C[C@H](Cn1cccn1)C(=O)N1CCC(c2ncc3c(n2)CCN(C)C3)CC1. The van der Waals surface area contributed by atoms with Gasteiger partial charge >= 0.3 is 0 Å². The van der Waals surface area contributed by atoms with E-state index < -0.39 is 0 Å². The molecule has 1 atom stereocenters. The van der Waals surface area contributed by atoms with Crippen molar-refractivity contribution in [1.82, 2.24) is 29.5 Å². The molecule has 1 amide bonds. The lowest BCUT2D eigenvalue weighted by Gasteiger charge is -2.33. The second kappa shape index (κ2) is 7.76. The van der Waals surface area contributed by atoms with Crippen LogP contribution in [0.3, 0.4) is 0 Å². The van der Waals surface area contributed by atoms with Crippen LogP contribution in [-0.4, -0.2) is 62.1 Å². The zero-order chi connectivity index (χ0) is 18.8. The highest BCUT2D eigenvalue weighted by Crippen LogP contribution is 2.27. The number of nitrogens with zero attached hydrogens (tertiary/aromatic N) is 6. The van der Waals surface area contributed by atoms with Crippen molar-refractivity contribution in [3.8, 4) is 0 Å². The Hall–Kier alpha value is -2.28. The normalized spacial score (nSPS) is 19.7. The fraction of sp³-hybridized carbons (Fsp3) is 0.600. The number of likely N-dealkylation sites (N-methyl/N-ethyl adjacent to an activating group) is 1. The van der Waals surface area contributed by atoms with Gasteiger partial charge in [0.25, 0.3) is 0 Å². The molecule has 0 spiro atoms. The summed E-state index contributed by atoms with van der Waals surface area (Å²) in [6, 6.07) is 1.89. The largest absolute Gasteiger partial charge is 0.342 e. The highest BCUT2D eigenvalue weighted by Gasteiger charge is 2.28. The van der Waals surface area contributed by atoms with Crippen LogP contribution in [0.15, 0.2) is 24.7 Å². The summed E-state index contributed by atoms with van der Waals surface area (Å²) in [7, 11) is 2.14. The van der Waals surface area contributed by atoms with E-state index in [0.29, 0.717) is 12.5 Å². The highest BCUT2D eigenvalue weighted by molar-refractivity contribution is 5.78. The average molecular weight is 368 g/mol. The molecule has 1 fully saturated rings. The number of hydrogen-bond acceptors (Lipinski definition) is 5. The highest BCUT2D eigenvalue weighted by atomic mass is 16.2. The molecule has 4 heterocycles. The molecule has 0 bridgehead atoms. The molecule has 27 heavy (non-hydrogen) atoms. The summed E-state index contributed by atoms with van der Waals surface area (Å²) in [4.78, 5) is 26.6. The molecular weight excluding hydrogens is 340 g/mol. The molecule has 7 heteroatoms. The summed E-state index contributed by atoms with van der Waals surface area (Å²) in [6.45, 7) is 6.20. The number of fused-ring (bicyclic) bond motifs is 1. The molecule has 2 aliphatic heterocycles. The maximum Gasteiger partial charge on any atom is 0.227 e. The van der Waals surface area contributed by atoms with E-state index in [1.807, 2.05) is 35.0 Å². The Balaban J connectivity index is 1.34. The van der Waals surface area contributed by atoms with Gasteiger partial charge in [-0.1, -0.05) is 6.92 Å². The molecule has 0 radical (unpaired) electrons. The molecular formula is C20H28N6O. The summed E-state index contributed by atoms with van der Waals surface area (Å²) in [5, 5.41) is 4.20. The predicted molar refractivity (Wildman–Crippen MR) is 102 cm³/mol. The maximum absolute atomic E-state index is 12.7. The fourth-order valence-electron chi connectivity index (χ4n) is 4.11.